The second-order valence-electron chi connectivity index (χ2n) is 2.98. The maximum atomic E-state index is 10.6. The summed E-state index contributed by atoms with van der Waals surface area (Å²) in [6, 6.07) is 9.08. The Balaban J connectivity index is 2.90. The number of rotatable bonds is 4. The van der Waals surface area contributed by atoms with Gasteiger partial charge < -0.3 is 5.11 Å². The van der Waals surface area contributed by atoms with Crippen LogP contribution in [-0.4, -0.2) is 16.8 Å². The standard InChI is InChI=1S/C12H11NO2S/c1-2-16-11-5-3-9(4-6-11)7-10(8-13)12(14)15/h3-7H,2H2,1H3,(H,14,15). The van der Waals surface area contributed by atoms with Crippen LogP contribution in [0.15, 0.2) is 34.7 Å². The van der Waals surface area contributed by atoms with Crippen LogP contribution in [0.4, 0.5) is 0 Å². The van der Waals surface area contributed by atoms with E-state index >= 15 is 0 Å². The maximum absolute atomic E-state index is 10.6. The lowest BCUT2D eigenvalue weighted by Gasteiger charge is -1.99. The van der Waals surface area contributed by atoms with Crippen molar-refractivity contribution in [3.63, 3.8) is 0 Å². The zero-order chi connectivity index (χ0) is 12.0. The van der Waals surface area contributed by atoms with E-state index in [0.717, 1.165) is 16.2 Å². The van der Waals surface area contributed by atoms with E-state index in [1.807, 2.05) is 12.1 Å². The van der Waals surface area contributed by atoms with Gasteiger partial charge in [0.15, 0.2) is 0 Å². The first kappa shape index (κ1) is 12.3. The minimum atomic E-state index is -1.20. The fraction of sp³-hybridized carbons (Fsp3) is 0.167. The largest absolute Gasteiger partial charge is 0.477 e. The number of hydrogen-bond donors (Lipinski definition) is 1. The van der Waals surface area contributed by atoms with Crippen LogP contribution in [0, 0.1) is 11.3 Å². The second-order valence-corrected chi connectivity index (χ2v) is 4.31. The van der Waals surface area contributed by atoms with E-state index in [1.54, 1.807) is 30.0 Å². The summed E-state index contributed by atoms with van der Waals surface area (Å²) in [5, 5.41) is 17.3. The van der Waals surface area contributed by atoms with Gasteiger partial charge in [-0.05, 0) is 29.5 Å². The lowest BCUT2D eigenvalue weighted by Crippen LogP contribution is -1.97. The van der Waals surface area contributed by atoms with Gasteiger partial charge in [-0.15, -0.1) is 11.8 Å². The van der Waals surface area contributed by atoms with Crippen molar-refractivity contribution >= 4 is 23.8 Å². The average Bonchev–Trinajstić information content (AvgIpc) is 2.28. The van der Waals surface area contributed by atoms with E-state index < -0.39 is 5.97 Å². The van der Waals surface area contributed by atoms with Gasteiger partial charge in [0.2, 0.25) is 0 Å². The highest BCUT2D eigenvalue weighted by molar-refractivity contribution is 7.99. The van der Waals surface area contributed by atoms with Crippen molar-refractivity contribution < 1.29 is 9.90 Å². The third-order valence-electron chi connectivity index (χ3n) is 1.85. The normalized spacial score (nSPS) is 10.9. The van der Waals surface area contributed by atoms with Crippen LogP contribution in [0.2, 0.25) is 0 Å². The minimum Gasteiger partial charge on any atom is -0.477 e. The lowest BCUT2D eigenvalue weighted by atomic mass is 10.1. The molecule has 82 valence electrons. The molecule has 4 heteroatoms. The zero-order valence-electron chi connectivity index (χ0n) is 8.80. The Morgan fingerprint density at radius 1 is 1.50 bits per heavy atom. The molecule has 0 spiro atoms. The molecule has 0 fully saturated rings. The third-order valence-corrected chi connectivity index (χ3v) is 2.75. The summed E-state index contributed by atoms with van der Waals surface area (Å²) < 4.78 is 0. The molecule has 3 nitrogen and oxygen atoms in total. The number of nitrogens with zero attached hydrogens (tertiary/aromatic N) is 1. The average molecular weight is 233 g/mol. The highest BCUT2D eigenvalue weighted by Crippen LogP contribution is 2.18. The Labute approximate surface area is 98.4 Å². The van der Waals surface area contributed by atoms with Gasteiger partial charge in [-0.1, -0.05) is 19.1 Å². The smallest absolute Gasteiger partial charge is 0.346 e. The predicted octanol–water partition coefficient (Wildman–Crippen LogP) is 2.79. The summed E-state index contributed by atoms with van der Waals surface area (Å²) >= 11 is 1.71. The first-order chi connectivity index (χ1) is 7.67. The molecule has 0 unspecified atom stereocenters. The molecular weight excluding hydrogens is 222 g/mol. The fourth-order valence-electron chi connectivity index (χ4n) is 1.14. The molecule has 0 aliphatic rings. The number of nitriles is 1. The van der Waals surface area contributed by atoms with Gasteiger partial charge in [0.05, 0.1) is 0 Å². The van der Waals surface area contributed by atoms with Crippen molar-refractivity contribution in [2.75, 3.05) is 5.75 Å². The monoisotopic (exact) mass is 233 g/mol. The summed E-state index contributed by atoms with van der Waals surface area (Å²) in [5.41, 5.74) is 0.468. The Bertz CT molecular complexity index is 443. The first-order valence-corrected chi connectivity index (χ1v) is 5.74. The fourth-order valence-corrected chi connectivity index (χ4v) is 1.80. The van der Waals surface area contributed by atoms with Gasteiger partial charge >= 0.3 is 5.97 Å². The van der Waals surface area contributed by atoms with Crippen molar-refractivity contribution in [1.82, 2.24) is 0 Å². The van der Waals surface area contributed by atoms with Gasteiger partial charge in [-0.2, -0.15) is 5.26 Å². The van der Waals surface area contributed by atoms with Gasteiger partial charge in [0.25, 0.3) is 0 Å². The molecule has 0 radical (unpaired) electrons. The second kappa shape index (κ2) is 5.99. The van der Waals surface area contributed by atoms with Crippen LogP contribution in [0.1, 0.15) is 12.5 Å². The lowest BCUT2D eigenvalue weighted by molar-refractivity contribution is -0.132. The molecule has 0 aliphatic heterocycles. The third kappa shape index (κ3) is 3.44. The van der Waals surface area contributed by atoms with Gasteiger partial charge in [-0.25, -0.2) is 4.79 Å². The summed E-state index contributed by atoms with van der Waals surface area (Å²) in [4.78, 5) is 11.7. The van der Waals surface area contributed by atoms with Crippen LogP contribution >= 0.6 is 11.8 Å². The van der Waals surface area contributed by atoms with Crippen LogP contribution in [0.25, 0.3) is 6.08 Å². The van der Waals surface area contributed by atoms with E-state index in [4.69, 9.17) is 10.4 Å². The van der Waals surface area contributed by atoms with Crippen LogP contribution in [0.3, 0.4) is 0 Å². The number of carbonyl (C=O) groups is 1. The number of carboxylic acids is 1. The molecule has 1 aromatic rings. The molecule has 1 aromatic carbocycles. The summed E-state index contributed by atoms with van der Waals surface area (Å²) in [7, 11) is 0. The van der Waals surface area contributed by atoms with E-state index in [9.17, 15) is 4.79 Å². The molecule has 0 bridgehead atoms. The number of hydrogen-bond acceptors (Lipinski definition) is 3. The topological polar surface area (TPSA) is 61.1 Å². The van der Waals surface area contributed by atoms with Crippen molar-refractivity contribution in [1.29, 1.82) is 5.26 Å². The number of thioether (sulfide) groups is 1. The van der Waals surface area contributed by atoms with E-state index in [2.05, 4.69) is 6.92 Å². The molecule has 0 saturated carbocycles. The summed E-state index contributed by atoms with van der Waals surface area (Å²) in [5.74, 6) is -0.206. The Morgan fingerprint density at radius 3 is 2.56 bits per heavy atom. The van der Waals surface area contributed by atoms with Gasteiger partial charge in [0.1, 0.15) is 11.6 Å². The number of benzene rings is 1. The Hall–Kier alpha value is -1.73. The molecule has 0 heterocycles. The molecule has 0 amide bonds. The number of aliphatic carboxylic acids is 1. The molecule has 0 atom stereocenters. The maximum Gasteiger partial charge on any atom is 0.346 e. The number of carboxylic acid groups (broad SMARTS) is 1. The first-order valence-electron chi connectivity index (χ1n) is 4.75. The van der Waals surface area contributed by atoms with Crippen LogP contribution in [-0.2, 0) is 4.79 Å². The van der Waals surface area contributed by atoms with E-state index in [1.165, 1.54) is 6.08 Å². The van der Waals surface area contributed by atoms with Crippen molar-refractivity contribution in [2.24, 2.45) is 0 Å². The molecule has 1 N–H and O–H groups in total. The van der Waals surface area contributed by atoms with Crippen molar-refractivity contribution in [2.45, 2.75) is 11.8 Å². The predicted molar refractivity (Wildman–Crippen MR) is 64.1 cm³/mol. The Morgan fingerprint density at radius 2 is 2.12 bits per heavy atom. The highest BCUT2D eigenvalue weighted by atomic mass is 32.2. The van der Waals surface area contributed by atoms with Crippen LogP contribution < -0.4 is 0 Å². The SMILES string of the molecule is CCSc1ccc(C=C(C#N)C(=O)O)cc1. The Kier molecular flexibility index (Phi) is 4.62. The quantitative estimate of drug-likeness (QED) is 0.493. The van der Waals surface area contributed by atoms with E-state index in [-0.39, 0.29) is 5.57 Å². The van der Waals surface area contributed by atoms with E-state index in [0.29, 0.717) is 0 Å². The molecule has 1 rings (SSSR count). The molecule has 0 aliphatic carbocycles. The summed E-state index contributed by atoms with van der Waals surface area (Å²) in [6.45, 7) is 2.07. The molecule has 0 saturated heterocycles. The molecular formula is C12H11NO2S. The summed E-state index contributed by atoms with van der Waals surface area (Å²) in [6.07, 6.45) is 1.36. The minimum absolute atomic E-state index is 0.254. The van der Waals surface area contributed by atoms with Gasteiger partial charge in [-0.3, -0.25) is 0 Å². The van der Waals surface area contributed by atoms with Crippen molar-refractivity contribution in [3.8, 4) is 6.07 Å². The van der Waals surface area contributed by atoms with Gasteiger partial charge in [0, 0.05) is 4.90 Å². The highest BCUT2D eigenvalue weighted by Gasteiger charge is 2.05. The van der Waals surface area contributed by atoms with Crippen LogP contribution in [0.5, 0.6) is 0 Å². The zero-order valence-corrected chi connectivity index (χ0v) is 9.62. The molecule has 16 heavy (non-hydrogen) atoms. The molecule has 0 aromatic heterocycles. The van der Waals surface area contributed by atoms with Crippen molar-refractivity contribution in [3.05, 3.63) is 35.4 Å².